The molecule has 1 aliphatic rings. The minimum absolute atomic E-state index is 0.171. The van der Waals surface area contributed by atoms with Crippen LogP contribution < -0.4 is 5.32 Å². The van der Waals surface area contributed by atoms with Crippen molar-refractivity contribution < 1.29 is 13.2 Å². The number of aromatic nitrogens is 4. The molecule has 1 aliphatic heterocycles. The van der Waals surface area contributed by atoms with Crippen molar-refractivity contribution in [2.45, 2.75) is 12.7 Å². The maximum atomic E-state index is 13.3. The summed E-state index contributed by atoms with van der Waals surface area (Å²) in [6.07, 6.45) is 2.62. The van der Waals surface area contributed by atoms with Gasteiger partial charge >= 0.3 is 6.18 Å². The van der Waals surface area contributed by atoms with E-state index < -0.39 is 11.7 Å². The number of hydrogen-bond acceptors (Lipinski definition) is 3. The maximum Gasteiger partial charge on any atom is 0.417 e. The van der Waals surface area contributed by atoms with E-state index in [1.165, 1.54) is 12.1 Å². The van der Waals surface area contributed by atoms with Crippen molar-refractivity contribution in [3.05, 3.63) is 70.8 Å². The molecule has 5 nitrogen and oxygen atoms in total. The fraction of sp³-hybridized carbons (Fsp3) is 0.217. The molecule has 2 N–H and O–H groups in total. The zero-order valence-corrected chi connectivity index (χ0v) is 17.4. The van der Waals surface area contributed by atoms with Crippen LogP contribution in [-0.4, -0.2) is 32.8 Å². The molecule has 162 valence electrons. The predicted molar refractivity (Wildman–Crippen MR) is 116 cm³/mol. The molecule has 0 atom stereocenters. The fourth-order valence-electron chi connectivity index (χ4n) is 3.62. The average Bonchev–Trinajstić information content (AvgIpc) is 3.35. The van der Waals surface area contributed by atoms with Gasteiger partial charge in [0.15, 0.2) is 0 Å². The van der Waals surface area contributed by atoms with Crippen LogP contribution in [0.15, 0.2) is 49.1 Å². The van der Waals surface area contributed by atoms with Crippen molar-refractivity contribution in [2.24, 2.45) is 5.92 Å². The Balaban J connectivity index is 1.48. The molecule has 4 aromatic rings. The Labute approximate surface area is 186 Å². The van der Waals surface area contributed by atoms with E-state index in [-0.39, 0.29) is 10.6 Å². The first kappa shape index (κ1) is 20.6. The smallest absolute Gasteiger partial charge is 0.345 e. The molecule has 0 radical (unpaired) electrons. The number of aromatic amines is 1. The monoisotopic (exact) mass is 455 g/mol. The predicted octanol–water partition coefficient (Wildman–Crippen LogP) is 4.72. The van der Waals surface area contributed by atoms with Gasteiger partial charge in [0.25, 0.3) is 0 Å². The Bertz CT molecular complexity index is 1360. The third kappa shape index (κ3) is 4.09. The highest BCUT2D eigenvalue weighted by atomic mass is 35.5. The summed E-state index contributed by atoms with van der Waals surface area (Å²) >= 11 is 5.89. The number of nitrogens with one attached hydrogen (secondary N) is 2. The van der Waals surface area contributed by atoms with Gasteiger partial charge in [0.05, 0.1) is 17.3 Å². The lowest BCUT2D eigenvalue weighted by Gasteiger charge is -2.26. The second-order valence-electron chi connectivity index (χ2n) is 7.74. The number of halogens is 4. The molecule has 1 aromatic carbocycles. The number of hydrogen-bond donors (Lipinski definition) is 2. The van der Waals surface area contributed by atoms with Crippen molar-refractivity contribution in [1.82, 2.24) is 25.1 Å². The largest absolute Gasteiger partial charge is 0.417 e. The minimum atomic E-state index is -4.51. The SMILES string of the molecule is FC(F)(F)c1ccc(Cl)cc1C#Cc1c[nH]c2ncc(-c3cnn(CC4CNC4)c3)cc12. The molecule has 0 unspecified atom stereocenters. The number of fused-ring (bicyclic) bond motifs is 1. The second kappa shape index (κ2) is 8.01. The van der Waals surface area contributed by atoms with Crippen LogP contribution in [0.5, 0.6) is 0 Å². The molecule has 4 heterocycles. The lowest BCUT2D eigenvalue weighted by Crippen LogP contribution is -2.44. The third-order valence-corrected chi connectivity index (χ3v) is 5.66. The van der Waals surface area contributed by atoms with Gasteiger partial charge in [-0.1, -0.05) is 23.4 Å². The van der Waals surface area contributed by atoms with Crippen LogP contribution in [0.4, 0.5) is 13.2 Å². The van der Waals surface area contributed by atoms with Gasteiger partial charge in [0.2, 0.25) is 0 Å². The Morgan fingerprint density at radius 2 is 1.91 bits per heavy atom. The second-order valence-corrected chi connectivity index (χ2v) is 8.17. The summed E-state index contributed by atoms with van der Waals surface area (Å²) in [4.78, 5) is 7.45. The normalized spacial score (nSPS) is 14.2. The summed E-state index contributed by atoms with van der Waals surface area (Å²) < 4.78 is 41.8. The molecule has 1 saturated heterocycles. The van der Waals surface area contributed by atoms with Crippen LogP contribution in [-0.2, 0) is 12.7 Å². The highest BCUT2D eigenvalue weighted by Gasteiger charge is 2.33. The number of nitrogens with zero attached hydrogens (tertiary/aromatic N) is 3. The van der Waals surface area contributed by atoms with Gasteiger partial charge in [0.1, 0.15) is 5.65 Å². The van der Waals surface area contributed by atoms with E-state index >= 15 is 0 Å². The van der Waals surface area contributed by atoms with Gasteiger partial charge in [-0.15, -0.1) is 0 Å². The first-order chi connectivity index (χ1) is 15.4. The van der Waals surface area contributed by atoms with Gasteiger partial charge in [-0.2, -0.15) is 18.3 Å². The molecular weight excluding hydrogens is 439 g/mol. The van der Waals surface area contributed by atoms with Gasteiger partial charge in [0, 0.05) is 71.2 Å². The van der Waals surface area contributed by atoms with Gasteiger partial charge in [-0.05, 0) is 24.3 Å². The molecule has 1 fully saturated rings. The lowest BCUT2D eigenvalue weighted by atomic mass is 10.0. The molecule has 0 amide bonds. The maximum absolute atomic E-state index is 13.3. The van der Waals surface area contributed by atoms with E-state index in [1.807, 2.05) is 16.9 Å². The van der Waals surface area contributed by atoms with Crippen LogP contribution in [0.2, 0.25) is 5.02 Å². The number of H-pyrrole nitrogens is 1. The fourth-order valence-corrected chi connectivity index (χ4v) is 3.79. The molecule has 0 bridgehead atoms. The molecule has 0 saturated carbocycles. The van der Waals surface area contributed by atoms with Gasteiger partial charge in [-0.25, -0.2) is 4.98 Å². The van der Waals surface area contributed by atoms with Crippen LogP contribution in [0, 0.1) is 17.8 Å². The quantitative estimate of drug-likeness (QED) is 0.440. The third-order valence-electron chi connectivity index (χ3n) is 5.43. The van der Waals surface area contributed by atoms with Gasteiger partial charge in [-0.3, -0.25) is 4.68 Å². The van der Waals surface area contributed by atoms with E-state index in [0.29, 0.717) is 17.1 Å². The zero-order chi connectivity index (χ0) is 22.3. The van der Waals surface area contributed by atoms with Crippen LogP contribution >= 0.6 is 11.6 Å². The lowest BCUT2D eigenvalue weighted by molar-refractivity contribution is -0.137. The Kier molecular flexibility index (Phi) is 5.16. The van der Waals surface area contributed by atoms with Crippen LogP contribution in [0.3, 0.4) is 0 Å². The Morgan fingerprint density at radius 3 is 2.66 bits per heavy atom. The standard InChI is InChI=1S/C23H17ClF3N5/c24-19-3-4-21(23(25,26)27)15(5-19)1-2-16-9-29-22-20(16)6-17(10-30-22)18-11-31-32(13-18)12-14-7-28-8-14/h3-6,9-11,13-14,28H,7-8,12H2,(H,29,30). The first-order valence-electron chi connectivity index (χ1n) is 9.96. The Hall–Kier alpha value is -3.28. The van der Waals surface area contributed by atoms with Crippen molar-refractivity contribution in [2.75, 3.05) is 13.1 Å². The summed E-state index contributed by atoms with van der Waals surface area (Å²) in [6.45, 7) is 2.85. The summed E-state index contributed by atoms with van der Waals surface area (Å²) in [5, 5.41) is 8.59. The molecular formula is C23H17ClF3N5. The molecule has 9 heteroatoms. The topological polar surface area (TPSA) is 58.5 Å². The van der Waals surface area contributed by atoms with E-state index in [1.54, 1.807) is 18.6 Å². The highest BCUT2D eigenvalue weighted by Crippen LogP contribution is 2.33. The summed E-state index contributed by atoms with van der Waals surface area (Å²) in [5.74, 6) is 6.06. The van der Waals surface area contributed by atoms with Crippen LogP contribution in [0.1, 0.15) is 16.7 Å². The number of rotatable bonds is 3. The first-order valence-corrected chi connectivity index (χ1v) is 10.3. The average molecular weight is 456 g/mol. The van der Waals surface area contributed by atoms with Crippen molar-refractivity contribution >= 4 is 22.6 Å². The van der Waals surface area contributed by atoms with E-state index in [0.717, 1.165) is 42.2 Å². The minimum Gasteiger partial charge on any atom is -0.345 e. The number of pyridine rings is 1. The summed E-state index contributed by atoms with van der Waals surface area (Å²) in [5.41, 5.74) is 1.94. The van der Waals surface area contributed by atoms with Gasteiger partial charge < -0.3 is 10.3 Å². The molecule has 0 spiro atoms. The molecule has 3 aromatic heterocycles. The summed E-state index contributed by atoms with van der Waals surface area (Å²) in [6, 6.07) is 5.29. The number of benzene rings is 1. The van der Waals surface area contributed by atoms with E-state index in [2.05, 4.69) is 32.2 Å². The number of alkyl halides is 3. The molecule has 5 rings (SSSR count). The molecule has 32 heavy (non-hydrogen) atoms. The van der Waals surface area contributed by atoms with E-state index in [4.69, 9.17) is 11.6 Å². The Morgan fingerprint density at radius 1 is 1.09 bits per heavy atom. The highest BCUT2D eigenvalue weighted by molar-refractivity contribution is 6.30. The van der Waals surface area contributed by atoms with Crippen molar-refractivity contribution in [3.8, 4) is 23.0 Å². The summed E-state index contributed by atoms with van der Waals surface area (Å²) in [7, 11) is 0. The zero-order valence-electron chi connectivity index (χ0n) is 16.7. The molecule has 0 aliphatic carbocycles. The van der Waals surface area contributed by atoms with Crippen LogP contribution in [0.25, 0.3) is 22.2 Å². The van der Waals surface area contributed by atoms with Crippen molar-refractivity contribution in [3.63, 3.8) is 0 Å². The van der Waals surface area contributed by atoms with E-state index in [9.17, 15) is 13.2 Å². The van der Waals surface area contributed by atoms with Crippen molar-refractivity contribution in [1.29, 1.82) is 0 Å².